The number of nitrogens with zero attached hydrogens (tertiary/aromatic N) is 3. The number of nitrogens with one attached hydrogen (secondary N) is 1. The van der Waals surface area contributed by atoms with Gasteiger partial charge in [0, 0.05) is 43.2 Å². The lowest BCUT2D eigenvalue weighted by Crippen LogP contribution is -2.46. The van der Waals surface area contributed by atoms with Gasteiger partial charge in [0.1, 0.15) is 11.6 Å². The maximum atomic E-state index is 14.6. The lowest BCUT2D eigenvalue weighted by atomic mass is 9.97. The summed E-state index contributed by atoms with van der Waals surface area (Å²) >= 11 is 0. The number of likely N-dealkylation sites (tertiary alicyclic amines) is 1. The van der Waals surface area contributed by atoms with Gasteiger partial charge in [-0.3, -0.25) is 14.9 Å². The van der Waals surface area contributed by atoms with E-state index in [0.717, 1.165) is 6.07 Å². The molecule has 1 saturated heterocycles. The smallest absolute Gasteiger partial charge is 0.240 e. The van der Waals surface area contributed by atoms with Crippen molar-refractivity contribution in [3.05, 3.63) is 90.0 Å². The fourth-order valence-electron chi connectivity index (χ4n) is 3.88. The van der Waals surface area contributed by atoms with Gasteiger partial charge in [-0.25, -0.2) is 21.9 Å². The molecule has 31 heavy (non-hydrogen) atoms. The van der Waals surface area contributed by atoms with Crippen LogP contribution in [0, 0.1) is 11.6 Å². The Labute approximate surface area is 180 Å². The van der Waals surface area contributed by atoms with Crippen molar-refractivity contribution in [3.63, 3.8) is 0 Å². The molecule has 0 bridgehead atoms. The third kappa shape index (κ3) is 4.95. The number of benzene rings is 2. The van der Waals surface area contributed by atoms with Crippen LogP contribution < -0.4 is 4.72 Å². The quantitative estimate of drug-likeness (QED) is 0.632. The van der Waals surface area contributed by atoms with Crippen LogP contribution >= 0.6 is 0 Å². The van der Waals surface area contributed by atoms with E-state index in [9.17, 15) is 17.2 Å². The highest BCUT2D eigenvalue weighted by atomic mass is 32.2. The van der Waals surface area contributed by atoms with Crippen LogP contribution in [-0.4, -0.2) is 42.4 Å². The lowest BCUT2D eigenvalue weighted by Gasteiger charge is -2.37. The Bertz CT molecular complexity index is 1120. The van der Waals surface area contributed by atoms with Crippen molar-refractivity contribution in [1.29, 1.82) is 0 Å². The van der Waals surface area contributed by atoms with E-state index >= 15 is 0 Å². The van der Waals surface area contributed by atoms with Crippen LogP contribution in [0.25, 0.3) is 0 Å². The Balaban J connectivity index is 1.52. The minimum absolute atomic E-state index is 0.225. The second kappa shape index (κ2) is 9.17. The number of halogens is 2. The molecule has 2 heterocycles. The number of hydrogen-bond acceptors (Lipinski definition) is 5. The first-order chi connectivity index (χ1) is 14.9. The van der Waals surface area contributed by atoms with Crippen LogP contribution in [0.2, 0.25) is 0 Å². The largest absolute Gasteiger partial charge is 0.291 e. The summed E-state index contributed by atoms with van der Waals surface area (Å²) in [6.45, 7) is 1.03. The van der Waals surface area contributed by atoms with Crippen LogP contribution in [0.5, 0.6) is 0 Å². The van der Waals surface area contributed by atoms with Crippen LogP contribution in [0.1, 0.15) is 30.1 Å². The van der Waals surface area contributed by atoms with Gasteiger partial charge < -0.3 is 0 Å². The van der Waals surface area contributed by atoms with Gasteiger partial charge in [-0.15, -0.1) is 0 Å². The highest BCUT2D eigenvalue weighted by Gasteiger charge is 2.31. The molecule has 0 spiro atoms. The summed E-state index contributed by atoms with van der Waals surface area (Å²) in [7, 11) is -3.61. The molecule has 0 radical (unpaired) electrons. The van der Waals surface area contributed by atoms with Crippen molar-refractivity contribution >= 4 is 10.0 Å². The van der Waals surface area contributed by atoms with Gasteiger partial charge >= 0.3 is 0 Å². The molecule has 3 aromatic rings. The Kier molecular flexibility index (Phi) is 6.35. The number of hydrogen-bond donors (Lipinski definition) is 1. The van der Waals surface area contributed by atoms with Gasteiger partial charge in [-0.1, -0.05) is 24.3 Å². The van der Waals surface area contributed by atoms with Gasteiger partial charge in [0.05, 0.1) is 22.8 Å². The van der Waals surface area contributed by atoms with Crippen molar-refractivity contribution in [3.8, 4) is 0 Å². The molecule has 1 atom stereocenters. The molecule has 1 aromatic heterocycles. The Hall–Kier alpha value is -2.75. The topological polar surface area (TPSA) is 75.2 Å². The van der Waals surface area contributed by atoms with E-state index in [0.29, 0.717) is 37.2 Å². The van der Waals surface area contributed by atoms with Crippen molar-refractivity contribution in [2.75, 3.05) is 13.1 Å². The van der Waals surface area contributed by atoms with Gasteiger partial charge in [0.25, 0.3) is 0 Å². The highest BCUT2D eigenvalue weighted by molar-refractivity contribution is 7.89. The average Bonchev–Trinajstić information content (AvgIpc) is 2.78. The maximum absolute atomic E-state index is 14.6. The minimum atomic E-state index is -3.61. The zero-order valence-electron chi connectivity index (χ0n) is 16.7. The fourth-order valence-corrected chi connectivity index (χ4v) is 5.21. The molecule has 1 unspecified atom stereocenters. The second-order valence-corrected chi connectivity index (χ2v) is 9.16. The number of sulfonamides is 1. The van der Waals surface area contributed by atoms with E-state index in [4.69, 9.17) is 0 Å². The van der Waals surface area contributed by atoms with Crippen molar-refractivity contribution in [2.24, 2.45) is 0 Å². The highest BCUT2D eigenvalue weighted by Crippen LogP contribution is 2.32. The molecule has 162 valence electrons. The molecule has 9 heteroatoms. The first-order valence-corrected chi connectivity index (χ1v) is 11.4. The van der Waals surface area contributed by atoms with Crippen LogP contribution in [0.4, 0.5) is 8.78 Å². The van der Waals surface area contributed by atoms with Gasteiger partial charge in [0.2, 0.25) is 10.0 Å². The van der Waals surface area contributed by atoms with Gasteiger partial charge in [0.15, 0.2) is 0 Å². The monoisotopic (exact) mass is 444 g/mol. The Morgan fingerprint density at radius 3 is 2.42 bits per heavy atom. The van der Waals surface area contributed by atoms with E-state index in [1.54, 1.807) is 36.5 Å². The Morgan fingerprint density at radius 2 is 1.77 bits per heavy atom. The first-order valence-electron chi connectivity index (χ1n) is 9.96. The van der Waals surface area contributed by atoms with Crippen LogP contribution in [-0.2, 0) is 10.0 Å². The minimum Gasteiger partial charge on any atom is -0.291 e. The fraction of sp³-hybridized carbons (Fsp3) is 0.273. The molecule has 1 fully saturated rings. The zero-order valence-corrected chi connectivity index (χ0v) is 17.5. The lowest BCUT2D eigenvalue weighted by molar-refractivity contribution is 0.165. The molecule has 1 aliphatic heterocycles. The summed E-state index contributed by atoms with van der Waals surface area (Å²) in [6.07, 6.45) is 5.73. The van der Waals surface area contributed by atoms with Crippen LogP contribution in [0.3, 0.4) is 0 Å². The summed E-state index contributed by atoms with van der Waals surface area (Å²) in [6, 6.07) is 11.0. The molecule has 2 aromatic carbocycles. The van der Waals surface area contributed by atoms with E-state index in [2.05, 4.69) is 14.7 Å². The molecule has 1 aliphatic rings. The number of rotatable bonds is 6. The van der Waals surface area contributed by atoms with Crippen molar-refractivity contribution < 1.29 is 17.2 Å². The molecule has 4 rings (SSSR count). The third-order valence-corrected chi connectivity index (χ3v) is 6.93. The molecule has 1 N–H and O–H groups in total. The zero-order chi connectivity index (χ0) is 21.8. The van der Waals surface area contributed by atoms with Gasteiger partial charge in [-0.2, -0.15) is 0 Å². The predicted octanol–water partition coefficient (Wildman–Crippen LogP) is 3.29. The summed E-state index contributed by atoms with van der Waals surface area (Å²) < 4.78 is 56.1. The van der Waals surface area contributed by atoms with E-state index in [-0.39, 0.29) is 10.9 Å². The standard InChI is InChI=1S/C22H22F2N4O2S/c23-16-6-7-19(20(24)14-16)22(21-15-25-10-11-26-21)28-12-8-17(9-13-28)27-31(29,30)18-4-2-1-3-5-18/h1-7,10-11,14-15,17,22,27H,8-9,12-13H2. The molecule has 0 saturated carbocycles. The van der Waals surface area contributed by atoms with Gasteiger partial charge in [-0.05, 0) is 31.0 Å². The summed E-state index contributed by atoms with van der Waals surface area (Å²) in [5.41, 5.74) is 0.863. The van der Waals surface area contributed by atoms with E-state index in [1.807, 2.05) is 4.90 Å². The summed E-state index contributed by atoms with van der Waals surface area (Å²) in [5.74, 6) is -1.30. The molecular formula is C22H22F2N4O2S. The molecular weight excluding hydrogens is 422 g/mol. The van der Waals surface area contributed by atoms with Crippen LogP contribution in [0.15, 0.2) is 72.0 Å². The predicted molar refractivity (Wildman–Crippen MR) is 112 cm³/mol. The normalized spacial score (nSPS) is 16.8. The average molecular weight is 445 g/mol. The number of aromatic nitrogens is 2. The third-order valence-electron chi connectivity index (χ3n) is 5.39. The molecule has 0 amide bonds. The summed E-state index contributed by atoms with van der Waals surface area (Å²) in [4.78, 5) is 10.7. The van der Waals surface area contributed by atoms with Crippen molar-refractivity contribution in [2.45, 2.75) is 29.8 Å². The van der Waals surface area contributed by atoms with Crippen molar-refractivity contribution in [1.82, 2.24) is 19.6 Å². The second-order valence-electron chi connectivity index (χ2n) is 7.44. The molecule has 6 nitrogen and oxygen atoms in total. The van der Waals surface area contributed by atoms with E-state index in [1.165, 1.54) is 24.5 Å². The maximum Gasteiger partial charge on any atom is 0.240 e. The summed E-state index contributed by atoms with van der Waals surface area (Å²) in [5, 5.41) is 0. The SMILES string of the molecule is O=S(=O)(NC1CCN(C(c2cnccn2)c2ccc(F)cc2F)CC1)c1ccccc1. The molecule has 0 aliphatic carbocycles. The number of piperidine rings is 1. The van der Waals surface area contributed by atoms with E-state index < -0.39 is 27.7 Å². The Morgan fingerprint density at radius 1 is 1.03 bits per heavy atom. The first kappa shape index (κ1) is 21.5.